The van der Waals surface area contributed by atoms with Gasteiger partial charge in [0.15, 0.2) is 0 Å². The Kier molecular flexibility index (Phi) is 5.60. The second-order valence-electron chi connectivity index (χ2n) is 2.92. The Bertz CT molecular complexity index is 279. The summed E-state index contributed by atoms with van der Waals surface area (Å²) in [6.07, 6.45) is 3.86. The SMILES string of the molecule is C=CCN(C/C=C/Cl)Cc1cccs1. The lowest BCUT2D eigenvalue weighted by Crippen LogP contribution is -2.22. The first-order valence-corrected chi connectivity index (χ1v) is 5.79. The van der Waals surface area contributed by atoms with E-state index in [1.165, 1.54) is 4.88 Å². The summed E-state index contributed by atoms with van der Waals surface area (Å²) in [7, 11) is 0. The first kappa shape index (κ1) is 11.5. The summed E-state index contributed by atoms with van der Waals surface area (Å²) in [6.45, 7) is 6.46. The van der Waals surface area contributed by atoms with Gasteiger partial charge in [0.25, 0.3) is 0 Å². The maximum atomic E-state index is 5.50. The van der Waals surface area contributed by atoms with Crippen LogP contribution >= 0.6 is 22.9 Å². The second kappa shape index (κ2) is 6.82. The molecule has 76 valence electrons. The molecule has 1 aromatic heterocycles. The van der Waals surface area contributed by atoms with Crippen molar-refractivity contribution < 1.29 is 0 Å². The molecule has 0 aliphatic heterocycles. The molecule has 0 saturated carbocycles. The molecule has 0 aromatic carbocycles. The van der Waals surface area contributed by atoms with Crippen LogP contribution in [0.2, 0.25) is 0 Å². The quantitative estimate of drug-likeness (QED) is 0.673. The van der Waals surface area contributed by atoms with Crippen molar-refractivity contribution in [1.29, 1.82) is 0 Å². The number of hydrogen-bond acceptors (Lipinski definition) is 2. The van der Waals surface area contributed by atoms with Crippen molar-refractivity contribution >= 4 is 22.9 Å². The van der Waals surface area contributed by atoms with Gasteiger partial charge >= 0.3 is 0 Å². The summed E-state index contributed by atoms with van der Waals surface area (Å²) in [5.74, 6) is 0. The van der Waals surface area contributed by atoms with Crippen molar-refractivity contribution in [3.8, 4) is 0 Å². The molecule has 0 atom stereocenters. The van der Waals surface area contributed by atoms with Crippen molar-refractivity contribution in [2.75, 3.05) is 13.1 Å². The summed E-state index contributed by atoms with van der Waals surface area (Å²) >= 11 is 7.27. The highest BCUT2D eigenvalue weighted by Gasteiger charge is 2.02. The van der Waals surface area contributed by atoms with Gasteiger partial charge in [0.05, 0.1) is 0 Å². The van der Waals surface area contributed by atoms with E-state index >= 15 is 0 Å². The van der Waals surface area contributed by atoms with E-state index in [1.54, 1.807) is 16.9 Å². The fourth-order valence-corrected chi connectivity index (χ4v) is 2.02. The number of hydrogen-bond donors (Lipinski definition) is 0. The van der Waals surface area contributed by atoms with Gasteiger partial charge in [-0.1, -0.05) is 29.8 Å². The fraction of sp³-hybridized carbons (Fsp3) is 0.273. The zero-order valence-electron chi connectivity index (χ0n) is 8.03. The molecule has 1 nitrogen and oxygen atoms in total. The first-order chi connectivity index (χ1) is 6.86. The molecule has 0 aliphatic rings. The monoisotopic (exact) mass is 227 g/mol. The van der Waals surface area contributed by atoms with Crippen LogP contribution in [0.15, 0.2) is 41.8 Å². The lowest BCUT2D eigenvalue weighted by molar-refractivity contribution is 0.330. The summed E-state index contributed by atoms with van der Waals surface area (Å²) in [6, 6.07) is 4.22. The van der Waals surface area contributed by atoms with Crippen molar-refractivity contribution in [3.63, 3.8) is 0 Å². The van der Waals surface area contributed by atoms with E-state index < -0.39 is 0 Å². The van der Waals surface area contributed by atoms with E-state index in [1.807, 2.05) is 12.2 Å². The van der Waals surface area contributed by atoms with Gasteiger partial charge in [-0.05, 0) is 11.4 Å². The van der Waals surface area contributed by atoms with Gasteiger partial charge in [-0.15, -0.1) is 17.9 Å². The van der Waals surface area contributed by atoms with E-state index in [4.69, 9.17) is 11.6 Å². The van der Waals surface area contributed by atoms with E-state index in [0.717, 1.165) is 19.6 Å². The maximum Gasteiger partial charge on any atom is 0.0334 e. The van der Waals surface area contributed by atoms with Crippen LogP contribution in [-0.4, -0.2) is 18.0 Å². The molecule has 0 amide bonds. The third-order valence-corrected chi connectivity index (χ3v) is 2.84. The molecule has 0 fully saturated rings. The van der Waals surface area contributed by atoms with E-state index in [2.05, 4.69) is 29.0 Å². The molecule has 0 aliphatic carbocycles. The average molecular weight is 228 g/mol. The minimum Gasteiger partial charge on any atom is -0.291 e. The number of rotatable bonds is 6. The Morgan fingerprint density at radius 1 is 1.50 bits per heavy atom. The Morgan fingerprint density at radius 3 is 2.93 bits per heavy atom. The van der Waals surface area contributed by atoms with E-state index in [0.29, 0.717) is 0 Å². The molecular formula is C11H14ClNS. The molecule has 0 spiro atoms. The van der Waals surface area contributed by atoms with Gasteiger partial charge in [0, 0.05) is 30.0 Å². The number of thiophene rings is 1. The first-order valence-electron chi connectivity index (χ1n) is 4.47. The largest absolute Gasteiger partial charge is 0.291 e. The zero-order valence-corrected chi connectivity index (χ0v) is 9.60. The van der Waals surface area contributed by atoms with Crippen molar-refractivity contribution in [3.05, 3.63) is 46.7 Å². The molecular weight excluding hydrogens is 214 g/mol. The predicted octanol–water partition coefficient (Wildman–Crippen LogP) is 3.49. The molecule has 14 heavy (non-hydrogen) atoms. The molecule has 1 heterocycles. The highest BCUT2D eigenvalue weighted by Crippen LogP contribution is 2.11. The van der Waals surface area contributed by atoms with Crippen molar-refractivity contribution in [2.45, 2.75) is 6.54 Å². The highest BCUT2D eigenvalue weighted by atomic mass is 35.5. The molecule has 0 unspecified atom stereocenters. The fourth-order valence-electron chi connectivity index (χ4n) is 1.20. The standard InChI is InChI=1S/C11H14ClNS/c1-2-7-13(8-4-6-12)10-11-5-3-9-14-11/h2-6,9H,1,7-8,10H2/b6-4+. The van der Waals surface area contributed by atoms with Crippen LogP contribution in [0.5, 0.6) is 0 Å². The third kappa shape index (κ3) is 4.09. The molecule has 0 N–H and O–H groups in total. The molecule has 1 aromatic rings. The van der Waals surface area contributed by atoms with Crippen LogP contribution < -0.4 is 0 Å². The smallest absolute Gasteiger partial charge is 0.0334 e. The average Bonchev–Trinajstić information content (AvgIpc) is 2.67. The third-order valence-electron chi connectivity index (χ3n) is 1.80. The molecule has 3 heteroatoms. The summed E-state index contributed by atoms with van der Waals surface area (Å²) in [5, 5.41) is 2.10. The van der Waals surface area contributed by atoms with Crippen LogP contribution in [0.4, 0.5) is 0 Å². The Morgan fingerprint density at radius 2 is 2.36 bits per heavy atom. The number of nitrogens with zero attached hydrogens (tertiary/aromatic N) is 1. The lowest BCUT2D eigenvalue weighted by atomic mass is 10.4. The molecule has 0 radical (unpaired) electrons. The van der Waals surface area contributed by atoms with E-state index in [9.17, 15) is 0 Å². The van der Waals surface area contributed by atoms with Crippen LogP contribution in [0.1, 0.15) is 4.88 Å². The predicted molar refractivity (Wildman–Crippen MR) is 64.8 cm³/mol. The number of halogens is 1. The normalized spacial score (nSPS) is 11.3. The van der Waals surface area contributed by atoms with Gasteiger partial charge < -0.3 is 0 Å². The van der Waals surface area contributed by atoms with Crippen LogP contribution in [0.3, 0.4) is 0 Å². The van der Waals surface area contributed by atoms with Crippen LogP contribution in [0.25, 0.3) is 0 Å². The molecule has 0 saturated heterocycles. The lowest BCUT2D eigenvalue weighted by Gasteiger charge is -2.17. The topological polar surface area (TPSA) is 3.24 Å². The van der Waals surface area contributed by atoms with Gasteiger partial charge in [0.2, 0.25) is 0 Å². The zero-order chi connectivity index (χ0) is 10.2. The Labute approximate surface area is 94.3 Å². The molecule has 0 bridgehead atoms. The Hall–Kier alpha value is -0.570. The van der Waals surface area contributed by atoms with Gasteiger partial charge in [-0.25, -0.2) is 0 Å². The minimum absolute atomic E-state index is 0.868. The summed E-state index contributed by atoms with van der Waals surface area (Å²) < 4.78 is 0. The molecule has 1 rings (SSSR count). The van der Waals surface area contributed by atoms with Crippen LogP contribution in [0, 0.1) is 0 Å². The minimum atomic E-state index is 0.868. The van der Waals surface area contributed by atoms with Gasteiger partial charge in [-0.3, -0.25) is 4.90 Å². The van der Waals surface area contributed by atoms with Crippen LogP contribution in [-0.2, 0) is 6.54 Å². The van der Waals surface area contributed by atoms with Crippen molar-refractivity contribution in [2.24, 2.45) is 0 Å². The summed E-state index contributed by atoms with van der Waals surface area (Å²) in [4.78, 5) is 3.65. The van der Waals surface area contributed by atoms with Crippen molar-refractivity contribution in [1.82, 2.24) is 4.90 Å². The highest BCUT2D eigenvalue weighted by molar-refractivity contribution is 7.09. The van der Waals surface area contributed by atoms with Gasteiger partial charge in [0.1, 0.15) is 0 Å². The summed E-state index contributed by atoms with van der Waals surface area (Å²) in [5.41, 5.74) is 1.56. The van der Waals surface area contributed by atoms with Gasteiger partial charge in [-0.2, -0.15) is 0 Å². The van der Waals surface area contributed by atoms with E-state index in [-0.39, 0.29) is 0 Å². The Balaban J connectivity index is 2.46. The maximum absolute atomic E-state index is 5.50. The second-order valence-corrected chi connectivity index (χ2v) is 4.21.